The second kappa shape index (κ2) is 8.25. The number of nitrogens with zero attached hydrogens (tertiary/aromatic N) is 4. The number of aromatic nitrogens is 4. The predicted octanol–water partition coefficient (Wildman–Crippen LogP) is 4.11. The van der Waals surface area contributed by atoms with Gasteiger partial charge in [-0.2, -0.15) is 5.10 Å². The van der Waals surface area contributed by atoms with Crippen LogP contribution < -0.4 is 10.9 Å². The van der Waals surface area contributed by atoms with Gasteiger partial charge in [0.15, 0.2) is 5.69 Å². The molecular formula is C24H21ClFN5O3. The molecule has 5 rings (SSSR count). The van der Waals surface area contributed by atoms with E-state index in [4.69, 9.17) is 16.3 Å². The van der Waals surface area contributed by atoms with Gasteiger partial charge in [0, 0.05) is 37.8 Å². The third-order valence-corrected chi connectivity index (χ3v) is 6.27. The van der Waals surface area contributed by atoms with Gasteiger partial charge in [0.05, 0.1) is 29.6 Å². The van der Waals surface area contributed by atoms with Crippen molar-refractivity contribution in [3.8, 4) is 11.3 Å². The number of halogens is 2. The summed E-state index contributed by atoms with van der Waals surface area (Å²) in [6.07, 6.45) is 2.52. The number of benzene rings is 1. The van der Waals surface area contributed by atoms with E-state index in [9.17, 15) is 14.0 Å². The van der Waals surface area contributed by atoms with Crippen LogP contribution in [-0.2, 0) is 24.8 Å². The van der Waals surface area contributed by atoms with Crippen LogP contribution in [0.3, 0.4) is 0 Å². The highest BCUT2D eigenvalue weighted by molar-refractivity contribution is 6.29. The minimum atomic E-state index is -0.655. The Bertz CT molecular complexity index is 1530. The third kappa shape index (κ3) is 3.62. The maximum atomic E-state index is 14.7. The molecule has 8 nitrogen and oxygen atoms in total. The molecule has 1 aliphatic rings. The highest BCUT2D eigenvalue weighted by atomic mass is 35.5. The van der Waals surface area contributed by atoms with Gasteiger partial charge in [-0.15, -0.1) is 0 Å². The van der Waals surface area contributed by atoms with Gasteiger partial charge in [-0.25, -0.2) is 14.2 Å². The molecule has 0 bridgehead atoms. The van der Waals surface area contributed by atoms with Crippen molar-refractivity contribution < 1.29 is 13.9 Å². The highest BCUT2D eigenvalue weighted by Gasteiger charge is 2.24. The number of esters is 1. The molecule has 0 saturated heterocycles. The van der Waals surface area contributed by atoms with Crippen LogP contribution in [0.2, 0.25) is 5.15 Å². The molecule has 0 amide bonds. The van der Waals surface area contributed by atoms with E-state index in [0.29, 0.717) is 35.0 Å². The van der Waals surface area contributed by atoms with Crippen molar-refractivity contribution >= 4 is 34.0 Å². The van der Waals surface area contributed by atoms with Crippen LogP contribution in [0.4, 0.5) is 10.1 Å². The summed E-state index contributed by atoms with van der Waals surface area (Å²) in [5.74, 6) is -1.17. The van der Waals surface area contributed by atoms with Gasteiger partial charge in [0.25, 0.3) is 5.56 Å². The number of ether oxygens (including phenoxy) is 1. The first-order chi connectivity index (χ1) is 16.3. The molecule has 0 unspecified atom stereocenters. The quantitative estimate of drug-likeness (QED) is 0.348. The molecule has 1 N–H and O–H groups in total. The molecule has 4 aromatic rings. The topological polar surface area (TPSA) is 91.0 Å². The third-order valence-electron chi connectivity index (χ3n) is 6.06. The normalized spacial score (nSPS) is 13.3. The summed E-state index contributed by atoms with van der Waals surface area (Å²) in [6, 6.07) is 7.24. The lowest BCUT2D eigenvalue weighted by atomic mass is 9.96. The summed E-state index contributed by atoms with van der Waals surface area (Å²) in [7, 11) is 3.09. The lowest BCUT2D eigenvalue weighted by Crippen LogP contribution is -2.26. The molecule has 0 radical (unpaired) electrons. The number of methoxy groups -OCH3 is 1. The number of anilines is 1. The number of carbonyl (C=O) groups is 1. The first-order valence-electron chi connectivity index (χ1n) is 10.7. The van der Waals surface area contributed by atoms with Crippen molar-refractivity contribution in [2.45, 2.75) is 25.9 Å². The zero-order valence-corrected chi connectivity index (χ0v) is 19.5. The predicted molar refractivity (Wildman–Crippen MR) is 127 cm³/mol. The maximum absolute atomic E-state index is 14.7. The number of hydrogen-bond acceptors (Lipinski definition) is 6. The molecule has 1 atom stereocenters. The Labute approximate surface area is 198 Å². The zero-order chi connectivity index (χ0) is 24.1. The SMILES string of the molecule is COC(=O)c1nc(Cl)ccc1N[C@H](C)c1cc(F)cc2c(=O)n3c(cc12)-c1cn(C)nc1CC3. The Morgan fingerprint density at radius 3 is 2.82 bits per heavy atom. The largest absolute Gasteiger partial charge is 0.464 e. The maximum Gasteiger partial charge on any atom is 0.358 e. The molecule has 174 valence electrons. The first-order valence-corrected chi connectivity index (χ1v) is 11.1. The van der Waals surface area contributed by atoms with E-state index in [0.717, 1.165) is 17.0 Å². The molecule has 0 fully saturated rings. The second-order valence-electron chi connectivity index (χ2n) is 8.24. The van der Waals surface area contributed by atoms with E-state index < -0.39 is 17.8 Å². The Morgan fingerprint density at radius 1 is 1.26 bits per heavy atom. The van der Waals surface area contributed by atoms with Crippen molar-refractivity contribution in [3.63, 3.8) is 0 Å². The Kier molecular flexibility index (Phi) is 5.36. The van der Waals surface area contributed by atoms with E-state index in [2.05, 4.69) is 15.4 Å². The molecule has 0 saturated carbocycles. The van der Waals surface area contributed by atoms with Crippen LogP contribution in [0.5, 0.6) is 0 Å². The Morgan fingerprint density at radius 2 is 2.06 bits per heavy atom. The van der Waals surface area contributed by atoms with Crippen molar-refractivity contribution in [1.29, 1.82) is 0 Å². The average molecular weight is 482 g/mol. The number of hydrogen-bond donors (Lipinski definition) is 1. The van der Waals surface area contributed by atoms with E-state index in [1.165, 1.54) is 19.2 Å². The average Bonchev–Trinajstić information content (AvgIpc) is 3.20. The summed E-state index contributed by atoms with van der Waals surface area (Å²) >= 11 is 5.96. The summed E-state index contributed by atoms with van der Waals surface area (Å²) < 4.78 is 22.9. The first kappa shape index (κ1) is 22.1. The van der Waals surface area contributed by atoms with Gasteiger partial charge >= 0.3 is 5.97 Å². The van der Waals surface area contributed by atoms with Crippen LogP contribution in [0, 0.1) is 5.82 Å². The molecule has 1 aromatic carbocycles. The van der Waals surface area contributed by atoms with Crippen molar-refractivity contribution in [1.82, 2.24) is 19.3 Å². The lowest BCUT2D eigenvalue weighted by Gasteiger charge is -2.22. The number of rotatable bonds is 4. The van der Waals surface area contributed by atoms with Gasteiger partial charge in [-0.05, 0) is 48.2 Å². The molecular weight excluding hydrogens is 461 g/mol. The fourth-order valence-electron chi connectivity index (χ4n) is 4.52. The van der Waals surface area contributed by atoms with Gasteiger partial charge in [0.2, 0.25) is 0 Å². The monoisotopic (exact) mass is 481 g/mol. The standard InChI is InChI=1S/C24H21ClFN5O3/c1-12(27-19-4-5-21(25)28-22(19)24(33)34-3)14-8-13(26)9-16-15(14)10-20-17-11-30(2)29-18(17)6-7-31(20)23(16)32/h4-5,8-12,27H,6-7H2,1-3H3/t12-/m1/s1. The van der Waals surface area contributed by atoms with Crippen molar-refractivity contribution in [2.24, 2.45) is 7.05 Å². The molecule has 10 heteroatoms. The van der Waals surface area contributed by atoms with Gasteiger partial charge in [-0.1, -0.05) is 11.6 Å². The van der Waals surface area contributed by atoms with Crippen LogP contribution in [-0.4, -0.2) is 32.4 Å². The van der Waals surface area contributed by atoms with E-state index in [-0.39, 0.29) is 16.4 Å². The molecule has 4 heterocycles. The lowest BCUT2D eigenvalue weighted by molar-refractivity contribution is 0.0595. The van der Waals surface area contributed by atoms with Crippen molar-refractivity contribution in [3.05, 3.63) is 74.8 Å². The summed E-state index contributed by atoms with van der Waals surface area (Å²) in [4.78, 5) is 29.6. The highest BCUT2D eigenvalue weighted by Crippen LogP contribution is 2.34. The van der Waals surface area contributed by atoms with Crippen LogP contribution in [0.25, 0.3) is 22.0 Å². The van der Waals surface area contributed by atoms with Crippen LogP contribution >= 0.6 is 11.6 Å². The zero-order valence-electron chi connectivity index (χ0n) is 18.7. The van der Waals surface area contributed by atoms with Gasteiger partial charge < -0.3 is 14.6 Å². The van der Waals surface area contributed by atoms with Gasteiger partial charge in [-0.3, -0.25) is 9.48 Å². The molecule has 0 spiro atoms. The summed E-state index contributed by atoms with van der Waals surface area (Å²) in [5.41, 5.74) is 3.26. The number of aryl methyl sites for hydroxylation is 2. The van der Waals surface area contributed by atoms with E-state index in [1.807, 2.05) is 26.2 Å². The number of pyridine rings is 2. The molecule has 34 heavy (non-hydrogen) atoms. The number of fused-ring (bicyclic) bond motifs is 4. The smallest absolute Gasteiger partial charge is 0.358 e. The van der Waals surface area contributed by atoms with E-state index >= 15 is 0 Å². The minimum Gasteiger partial charge on any atom is -0.464 e. The minimum absolute atomic E-state index is 0.0139. The number of carbonyl (C=O) groups excluding carboxylic acids is 1. The van der Waals surface area contributed by atoms with Crippen LogP contribution in [0.1, 0.15) is 34.7 Å². The van der Waals surface area contributed by atoms with Gasteiger partial charge in [0.1, 0.15) is 11.0 Å². The molecule has 0 aliphatic carbocycles. The second-order valence-corrected chi connectivity index (χ2v) is 8.63. The van der Waals surface area contributed by atoms with Crippen LogP contribution in [0.15, 0.2) is 41.3 Å². The molecule has 3 aromatic heterocycles. The Balaban J connectivity index is 1.66. The van der Waals surface area contributed by atoms with Crippen molar-refractivity contribution in [2.75, 3.05) is 12.4 Å². The Hall–Kier alpha value is -3.72. The van der Waals surface area contributed by atoms with E-state index in [1.54, 1.807) is 21.4 Å². The fraction of sp³-hybridized carbons (Fsp3) is 0.250. The summed E-state index contributed by atoms with van der Waals surface area (Å²) in [6.45, 7) is 2.29. The molecule has 1 aliphatic heterocycles. The summed E-state index contributed by atoms with van der Waals surface area (Å²) in [5, 5.41) is 8.75. The number of nitrogens with one attached hydrogen (secondary N) is 1. The fourth-order valence-corrected chi connectivity index (χ4v) is 4.66.